The van der Waals surface area contributed by atoms with Gasteiger partial charge in [0.1, 0.15) is 6.07 Å². The Balaban J connectivity index is 1.24. The van der Waals surface area contributed by atoms with Crippen LogP contribution in [0, 0.1) is 11.3 Å². The molecule has 6 aromatic carbocycles. The molecule has 0 spiro atoms. The zero-order chi connectivity index (χ0) is 30.6. The van der Waals surface area contributed by atoms with Gasteiger partial charge in [-0.15, -0.1) is 0 Å². The van der Waals surface area contributed by atoms with Crippen molar-refractivity contribution in [2.45, 2.75) is 12.8 Å². The second-order valence-corrected chi connectivity index (χ2v) is 11.9. The van der Waals surface area contributed by atoms with E-state index in [9.17, 15) is 5.26 Å². The zero-order valence-electron chi connectivity index (χ0n) is 25.2. The number of para-hydroxylation sites is 4. The first-order chi connectivity index (χ1) is 22.8. The van der Waals surface area contributed by atoms with Crippen LogP contribution in [0.3, 0.4) is 0 Å². The molecule has 2 heterocycles. The van der Waals surface area contributed by atoms with E-state index in [2.05, 4.69) is 167 Å². The van der Waals surface area contributed by atoms with E-state index in [1.54, 1.807) is 0 Å². The molecule has 0 unspecified atom stereocenters. The maximum Gasteiger partial charge on any atom is 0.100 e. The van der Waals surface area contributed by atoms with Crippen LogP contribution in [0.2, 0.25) is 0 Å². The second-order valence-electron chi connectivity index (χ2n) is 11.9. The molecule has 0 saturated carbocycles. The van der Waals surface area contributed by atoms with Crippen molar-refractivity contribution in [3.05, 3.63) is 162 Å². The van der Waals surface area contributed by atoms with E-state index in [0.29, 0.717) is 5.56 Å². The van der Waals surface area contributed by atoms with Crippen LogP contribution in [0.1, 0.15) is 23.2 Å². The van der Waals surface area contributed by atoms with Gasteiger partial charge in [-0.25, -0.2) is 0 Å². The highest BCUT2D eigenvalue weighted by Crippen LogP contribution is 2.40. The number of allylic oxidation sites excluding steroid dienone is 1. The van der Waals surface area contributed by atoms with Crippen molar-refractivity contribution in [1.29, 1.82) is 5.26 Å². The molecule has 0 radical (unpaired) electrons. The molecule has 2 aromatic heterocycles. The van der Waals surface area contributed by atoms with E-state index in [1.165, 1.54) is 44.0 Å². The fourth-order valence-corrected chi connectivity index (χ4v) is 7.49. The molecular formula is C43H29N3. The Morgan fingerprint density at radius 3 is 1.91 bits per heavy atom. The predicted octanol–water partition coefficient (Wildman–Crippen LogP) is 10.9. The summed E-state index contributed by atoms with van der Waals surface area (Å²) in [6.07, 6.45) is 6.61. The van der Waals surface area contributed by atoms with Gasteiger partial charge < -0.3 is 9.13 Å². The third-order valence-corrected chi connectivity index (χ3v) is 9.46. The third kappa shape index (κ3) is 3.91. The quantitative estimate of drug-likeness (QED) is 0.202. The fraction of sp³-hybridized carbons (Fsp3) is 0.0465. The average molecular weight is 588 g/mol. The van der Waals surface area contributed by atoms with Crippen LogP contribution in [0.15, 0.2) is 146 Å². The smallest absolute Gasteiger partial charge is 0.100 e. The molecule has 0 fully saturated rings. The number of fused-ring (bicyclic) bond motifs is 6. The summed E-state index contributed by atoms with van der Waals surface area (Å²) >= 11 is 0. The number of benzene rings is 6. The monoisotopic (exact) mass is 587 g/mol. The van der Waals surface area contributed by atoms with Crippen LogP contribution >= 0.6 is 0 Å². The van der Waals surface area contributed by atoms with Gasteiger partial charge in [0, 0.05) is 44.2 Å². The average Bonchev–Trinajstić information content (AvgIpc) is 3.64. The van der Waals surface area contributed by atoms with Crippen molar-refractivity contribution in [3.8, 4) is 39.7 Å². The lowest BCUT2D eigenvalue weighted by molar-refractivity contribution is 0.968. The molecular weight excluding hydrogens is 558 g/mol. The molecule has 0 atom stereocenters. The first-order valence-electron chi connectivity index (χ1n) is 15.8. The van der Waals surface area contributed by atoms with Gasteiger partial charge in [-0.1, -0.05) is 109 Å². The largest absolute Gasteiger partial charge is 0.309 e. The van der Waals surface area contributed by atoms with Gasteiger partial charge in [0.2, 0.25) is 0 Å². The minimum Gasteiger partial charge on any atom is -0.309 e. The van der Waals surface area contributed by atoms with Crippen LogP contribution in [0.4, 0.5) is 0 Å². The molecule has 0 bridgehead atoms. The summed E-state index contributed by atoms with van der Waals surface area (Å²) in [4.78, 5) is 0. The fourth-order valence-electron chi connectivity index (χ4n) is 7.49. The Bertz CT molecular complexity index is 2500. The number of hydrogen-bond donors (Lipinski definition) is 0. The lowest BCUT2D eigenvalue weighted by Crippen LogP contribution is -2.03. The number of nitrogens with zero attached hydrogens (tertiary/aromatic N) is 3. The van der Waals surface area contributed by atoms with Gasteiger partial charge in [-0.2, -0.15) is 5.26 Å². The van der Waals surface area contributed by atoms with Crippen molar-refractivity contribution in [1.82, 2.24) is 9.13 Å². The molecule has 0 N–H and O–H groups in total. The van der Waals surface area contributed by atoms with Gasteiger partial charge in [-0.05, 0) is 66.4 Å². The van der Waals surface area contributed by atoms with Crippen molar-refractivity contribution in [2.75, 3.05) is 0 Å². The van der Waals surface area contributed by atoms with E-state index in [0.717, 1.165) is 46.5 Å². The SMILES string of the molecule is N#Cc1c(-c2cccc(-n3c4ccccc4c4ccccc43)c2)cccc1-c1ccccc1-n1c2c(c3ccccc31)CCC=C2. The van der Waals surface area contributed by atoms with Crippen molar-refractivity contribution in [3.63, 3.8) is 0 Å². The van der Waals surface area contributed by atoms with E-state index in [4.69, 9.17) is 0 Å². The highest BCUT2D eigenvalue weighted by atomic mass is 15.0. The van der Waals surface area contributed by atoms with E-state index >= 15 is 0 Å². The van der Waals surface area contributed by atoms with Gasteiger partial charge in [0.05, 0.1) is 27.8 Å². The molecule has 3 nitrogen and oxygen atoms in total. The highest BCUT2D eigenvalue weighted by molar-refractivity contribution is 6.09. The Morgan fingerprint density at radius 2 is 1.15 bits per heavy atom. The first kappa shape index (κ1) is 26.3. The lowest BCUT2D eigenvalue weighted by atomic mass is 9.91. The summed E-state index contributed by atoms with van der Waals surface area (Å²) in [7, 11) is 0. The van der Waals surface area contributed by atoms with Gasteiger partial charge in [0.25, 0.3) is 0 Å². The van der Waals surface area contributed by atoms with Crippen LogP contribution in [0.5, 0.6) is 0 Å². The minimum absolute atomic E-state index is 0.676. The van der Waals surface area contributed by atoms with Crippen LogP contribution in [-0.4, -0.2) is 9.13 Å². The van der Waals surface area contributed by atoms with Crippen LogP contribution in [-0.2, 0) is 6.42 Å². The first-order valence-corrected chi connectivity index (χ1v) is 15.8. The Labute approximate surface area is 267 Å². The Hall–Kier alpha value is -6.11. The normalized spacial score (nSPS) is 12.5. The molecule has 0 amide bonds. The van der Waals surface area contributed by atoms with Gasteiger partial charge in [-0.3, -0.25) is 0 Å². The predicted molar refractivity (Wildman–Crippen MR) is 191 cm³/mol. The molecule has 46 heavy (non-hydrogen) atoms. The summed E-state index contributed by atoms with van der Waals surface area (Å²) in [5.41, 5.74) is 12.9. The zero-order valence-corrected chi connectivity index (χ0v) is 25.2. The third-order valence-electron chi connectivity index (χ3n) is 9.46. The maximum atomic E-state index is 10.8. The summed E-state index contributed by atoms with van der Waals surface area (Å²) in [5.74, 6) is 0. The van der Waals surface area contributed by atoms with E-state index in [-0.39, 0.29) is 0 Å². The van der Waals surface area contributed by atoms with E-state index in [1.807, 2.05) is 0 Å². The maximum absolute atomic E-state index is 10.8. The summed E-state index contributed by atoms with van der Waals surface area (Å²) < 4.78 is 4.71. The number of aryl methyl sites for hydroxylation is 1. The molecule has 0 saturated heterocycles. The number of rotatable bonds is 4. The molecule has 1 aliphatic carbocycles. The number of hydrogen-bond acceptors (Lipinski definition) is 1. The van der Waals surface area contributed by atoms with Crippen molar-refractivity contribution in [2.24, 2.45) is 0 Å². The molecule has 0 aliphatic heterocycles. The minimum atomic E-state index is 0.676. The summed E-state index contributed by atoms with van der Waals surface area (Å²) in [6.45, 7) is 0. The topological polar surface area (TPSA) is 33.6 Å². The molecule has 3 heteroatoms. The lowest BCUT2D eigenvalue weighted by Gasteiger charge is -2.18. The molecule has 9 rings (SSSR count). The Kier molecular flexibility index (Phi) is 6.01. The van der Waals surface area contributed by atoms with Crippen molar-refractivity contribution < 1.29 is 0 Å². The second kappa shape index (κ2) is 10.5. The molecule has 1 aliphatic rings. The van der Waals surface area contributed by atoms with Crippen LogP contribution < -0.4 is 0 Å². The van der Waals surface area contributed by atoms with Crippen molar-refractivity contribution >= 4 is 38.8 Å². The van der Waals surface area contributed by atoms with Gasteiger partial charge in [0.15, 0.2) is 0 Å². The molecule has 216 valence electrons. The van der Waals surface area contributed by atoms with Gasteiger partial charge >= 0.3 is 0 Å². The highest BCUT2D eigenvalue weighted by Gasteiger charge is 2.22. The summed E-state index contributed by atoms with van der Waals surface area (Å²) in [6, 6.07) is 51.7. The van der Waals surface area contributed by atoms with Crippen LogP contribution in [0.25, 0.3) is 72.4 Å². The van der Waals surface area contributed by atoms with E-state index < -0.39 is 0 Å². The Morgan fingerprint density at radius 1 is 0.543 bits per heavy atom. The number of aromatic nitrogens is 2. The number of nitriles is 1. The summed E-state index contributed by atoms with van der Waals surface area (Å²) in [5, 5.41) is 14.5. The standard InChI is InChI=1S/C43H29N3/c44-28-38-31(29-13-11-14-30(27-29)45-39-22-6-2-16-34(39)35-17-3-7-23-40(35)45)20-12-21-32(38)33-15-1-8-24-41(33)46-42-25-9-4-18-36(42)37-19-5-10-26-43(37)46/h1-4,6-18,20-27H,5,19H2. The molecule has 8 aromatic rings.